The molecule has 22 heavy (non-hydrogen) atoms. The molecule has 0 aliphatic carbocycles. The summed E-state index contributed by atoms with van der Waals surface area (Å²) in [5, 5.41) is 7.23. The van der Waals surface area contributed by atoms with Crippen molar-refractivity contribution in [3.8, 4) is 0 Å². The maximum absolute atomic E-state index is 4.18. The van der Waals surface area contributed by atoms with E-state index in [9.17, 15) is 0 Å². The molecule has 1 saturated heterocycles. The predicted molar refractivity (Wildman–Crippen MR) is 94.0 cm³/mol. The fourth-order valence-corrected chi connectivity index (χ4v) is 3.41. The van der Waals surface area contributed by atoms with Gasteiger partial charge in [0.05, 0.1) is 6.04 Å². The normalized spacial score (nSPS) is 18.4. The number of hydrogen-bond donors (Lipinski definition) is 2. The number of rotatable bonds is 5. The number of benzene rings is 2. The van der Waals surface area contributed by atoms with Crippen molar-refractivity contribution < 1.29 is 0 Å². The quantitative estimate of drug-likeness (QED) is 0.798. The Hall–Kier alpha value is -2.06. The average Bonchev–Trinajstić information content (AvgIpc) is 2.62. The van der Waals surface area contributed by atoms with Gasteiger partial charge in [0.15, 0.2) is 0 Å². The van der Waals surface area contributed by atoms with Crippen molar-refractivity contribution in [2.24, 2.45) is 5.41 Å². The van der Waals surface area contributed by atoms with Crippen molar-refractivity contribution in [3.63, 3.8) is 0 Å². The molecule has 0 radical (unpaired) electrons. The minimum absolute atomic E-state index is 0.0858. The van der Waals surface area contributed by atoms with E-state index in [1.807, 2.05) is 0 Å². The lowest BCUT2D eigenvalue weighted by atomic mass is 9.70. The topological polar surface area (TPSA) is 24.1 Å². The fraction of sp³-hybridized carbons (Fsp3) is 0.300. The van der Waals surface area contributed by atoms with Gasteiger partial charge in [-0.1, -0.05) is 54.6 Å². The molecule has 2 aromatic rings. The van der Waals surface area contributed by atoms with Crippen LogP contribution in [0.15, 0.2) is 73.3 Å². The van der Waals surface area contributed by atoms with E-state index in [1.165, 1.54) is 5.56 Å². The number of anilines is 1. The smallest absolute Gasteiger partial charge is 0.0605 e. The molecule has 0 amide bonds. The SMILES string of the molecule is C=CC1(C(Nc2ccccc2)c2ccccc2)CCNCC1. The fourth-order valence-electron chi connectivity index (χ4n) is 3.41. The standard InChI is InChI=1S/C20H24N2/c1-2-20(13-15-21-16-14-20)19(17-9-5-3-6-10-17)22-18-11-7-4-8-12-18/h2-12,19,21-22H,1,13-16H2. The van der Waals surface area contributed by atoms with Crippen LogP contribution < -0.4 is 10.6 Å². The van der Waals surface area contributed by atoms with Gasteiger partial charge in [0.2, 0.25) is 0 Å². The molecule has 0 bridgehead atoms. The highest BCUT2D eigenvalue weighted by molar-refractivity contribution is 5.46. The molecule has 3 rings (SSSR count). The van der Waals surface area contributed by atoms with E-state index in [4.69, 9.17) is 0 Å². The molecule has 2 nitrogen and oxygen atoms in total. The van der Waals surface area contributed by atoms with E-state index in [1.54, 1.807) is 0 Å². The summed E-state index contributed by atoms with van der Waals surface area (Å²) in [4.78, 5) is 0. The van der Waals surface area contributed by atoms with Crippen LogP contribution in [-0.4, -0.2) is 13.1 Å². The van der Waals surface area contributed by atoms with E-state index in [-0.39, 0.29) is 11.5 Å². The largest absolute Gasteiger partial charge is 0.377 e. The van der Waals surface area contributed by atoms with Gasteiger partial charge in [-0.2, -0.15) is 0 Å². The van der Waals surface area contributed by atoms with Gasteiger partial charge < -0.3 is 10.6 Å². The summed E-state index contributed by atoms with van der Waals surface area (Å²) < 4.78 is 0. The molecule has 0 saturated carbocycles. The van der Waals surface area contributed by atoms with E-state index in [0.717, 1.165) is 31.6 Å². The number of para-hydroxylation sites is 1. The zero-order valence-electron chi connectivity index (χ0n) is 13.0. The second-order valence-electron chi connectivity index (χ2n) is 6.04. The summed E-state index contributed by atoms with van der Waals surface area (Å²) in [6.07, 6.45) is 4.38. The molecule has 2 heteroatoms. The first-order chi connectivity index (χ1) is 10.8. The third kappa shape index (κ3) is 3.07. The Balaban J connectivity index is 1.97. The maximum atomic E-state index is 4.18. The monoisotopic (exact) mass is 292 g/mol. The van der Waals surface area contributed by atoms with Crippen LogP contribution in [0.2, 0.25) is 0 Å². The molecule has 1 fully saturated rings. The summed E-state index contributed by atoms with van der Waals surface area (Å²) in [6, 6.07) is 21.5. The van der Waals surface area contributed by atoms with E-state index in [0.29, 0.717) is 0 Å². The van der Waals surface area contributed by atoms with Crippen LogP contribution in [0.1, 0.15) is 24.4 Å². The van der Waals surface area contributed by atoms with E-state index in [2.05, 4.69) is 84.0 Å². The lowest BCUT2D eigenvalue weighted by Gasteiger charge is -2.42. The van der Waals surface area contributed by atoms with Crippen molar-refractivity contribution in [2.75, 3.05) is 18.4 Å². The van der Waals surface area contributed by atoms with E-state index >= 15 is 0 Å². The van der Waals surface area contributed by atoms with E-state index < -0.39 is 0 Å². The third-order valence-corrected chi connectivity index (χ3v) is 4.73. The minimum Gasteiger partial charge on any atom is -0.377 e. The summed E-state index contributed by atoms with van der Waals surface area (Å²) in [5.41, 5.74) is 2.58. The average molecular weight is 292 g/mol. The highest BCUT2D eigenvalue weighted by Crippen LogP contribution is 2.44. The zero-order chi connectivity index (χ0) is 15.3. The Morgan fingerprint density at radius 1 is 0.955 bits per heavy atom. The number of nitrogens with one attached hydrogen (secondary N) is 2. The van der Waals surface area contributed by atoms with Crippen molar-refractivity contribution in [1.29, 1.82) is 0 Å². The van der Waals surface area contributed by atoms with Gasteiger partial charge in [-0.25, -0.2) is 0 Å². The molecule has 2 aromatic carbocycles. The molecular weight excluding hydrogens is 268 g/mol. The van der Waals surface area contributed by atoms with Crippen molar-refractivity contribution in [2.45, 2.75) is 18.9 Å². The van der Waals surface area contributed by atoms with Crippen LogP contribution in [-0.2, 0) is 0 Å². The molecule has 1 heterocycles. The highest BCUT2D eigenvalue weighted by Gasteiger charge is 2.38. The predicted octanol–water partition coefficient (Wildman–Crippen LogP) is 4.40. The van der Waals surface area contributed by atoms with Crippen molar-refractivity contribution >= 4 is 5.69 Å². The Morgan fingerprint density at radius 2 is 1.55 bits per heavy atom. The first-order valence-electron chi connectivity index (χ1n) is 8.05. The molecule has 1 atom stereocenters. The summed E-state index contributed by atoms with van der Waals surface area (Å²) >= 11 is 0. The van der Waals surface area contributed by atoms with Crippen molar-refractivity contribution in [3.05, 3.63) is 78.9 Å². The van der Waals surface area contributed by atoms with Crippen LogP contribution in [0.25, 0.3) is 0 Å². The minimum atomic E-state index is 0.0858. The lowest BCUT2D eigenvalue weighted by Crippen LogP contribution is -2.42. The summed E-state index contributed by atoms with van der Waals surface area (Å²) in [6.45, 7) is 6.27. The van der Waals surface area contributed by atoms with Gasteiger partial charge in [-0.05, 0) is 43.6 Å². The molecule has 1 aliphatic heterocycles. The zero-order valence-corrected chi connectivity index (χ0v) is 13.0. The van der Waals surface area contributed by atoms with Crippen LogP contribution in [0, 0.1) is 5.41 Å². The van der Waals surface area contributed by atoms with Gasteiger partial charge in [0.25, 0.3) is 0 Å². The molecule has 0 aromatic heterocycles. The van der Waals surface area contributed by atoms with Gasteiger partial charge in [-0.15, -0.1) is 6.58 Å². The second kappa shape index (κ2) is 6.80. The van der Waals surface area contributed by atoms with Gasteiger partial charge in [0.1, 0.15) is 0 Å². The molecule has 114 valence electrons. The van der Waals surface area contributed by atoms with Gasteiger partial charge >= 0.3 is 0 Å². The summed E-state index contributed by atoms with van der Waals surface area (Å²) in [5.74, 6) is 0. The van der Waals surface area contributed by atoms with Gasteiger partial charge in [-0.3, -0.25) is 0 Å². The molecule has 1 aliphatic rings. The van der Waals surface area contributed by atoms with Crippen LogP contribution >= 0.6 is 0 Å². The first-order valence-corrected chi connectivity index (χ1v) is 8.05. The lowest BCUT2D eigenvalue weighted by molar-refractivity contribution is 0.234. The molecular formula is C20H24N2. The Morgan fingerprint density at radius 3 is 2.14 bits per heavy atom. The van der Waals surface area contributed by atoms with Crippen molar-refractivity contribution in [1.82, 2.24) is 5.32 Å². The Kier molecular flexibility index (Phi) is 4.59. The molecule has 2 N–H and O–H groups in total. The third-order valence-electron chi connectivity index (χ3n) is 4.73. The molecule has 0 spiro atoms. The van der Waals surface area contributed by atoms with Crippen LogP contribution in [0.3, 0.4) is 0 Å². The maximum Gasteiger partial charge on any atom is 0.0605 e. The second-order valence-corrected chi connectivity index (χ2v) is 6.04. The Bertz CT molecular complexity index is 586. The number of piperidine rings is 1. The molecule has 1 unspecified atom stereocenters. The van der Waals surface area contributed by atoms with Crippen LogP contribution in [0.4, 0.5) is 5.69 Å². The highest BCUT2D eigenvalue weighted by atomic mass is 15.0. The number of hydrogen-bond acceptors (Lipinski definition) is 2. The van der Waals surface area contributed by atoms with Gasteiger partial charge in [0, 0.05) is 11.1 Å². The first kappa shape index (κ1) is 14.9. The summed E-state index contributed by atoms with van der Waals surface area (Å²) in [7, 11) is 0. The Labute approximate surface area is 133 Å². The van der Waals surface area contributed by atoms with Crippen LogP contribution in [0.5, 0.6) is 0 Å².